The van der Waals surface area contributed by atoms with E-state index >= 15 is 0 Å². The summed E-state index contributed by atoms with van der Waals surface area (Å²) in [6, 6.07) is 3.40. The van der Waals surface area contributed by atoms with E-state index in [0.29, 0.717) is 20.5 Å². The molecule has 0 aromatic heterocycles. The van der Waals surface area contributed by atoms with Gasteiger partial charge in [0.1, 0.15) is 0 Å². The fourth-order valence-corrected chi connectivity index (χ4v) is 3.83. The maximum atomic E-state index is 14.2. The van der Waals surface area contributed by atoms with Gasteiger partial charge < -0.3 is 0 Å². The summed E-state index contributed by atoms with van der Waals surface area (Å²) < 4.78 is 56.5. The lowest BCUT2D eigenvalue weighted by atomic mass is 9.92. The van der Waals surface area contributed by atoms with Crippen LogP contribution < -0.4 is 4.90 Å². The molecule has 8 heteroatoms. The van der Waals surface area contributed by atoms with Gasteiger partial charge in [-0.3, -0.25) is 9.59 Å². The van der Waals surface area contributed by atoms with Crippen LogP contribution >= 0.6 is 15.9 Å². The lowest BCUT2D eigenvalue weighted by Crippen LogP contribution is -2.32. The molecule has 0 saturated heterocycles. The average Bonchev–Trinajstić information content (AvgIpc) is 2.88. The molecule has 2 aromatic rings. The SMILES string of the molecule is CC(C)c1cc(Br)cc(C(C)C)c1N1C(=O)c2c(F)c(F)c(F)c(F)c2C1=O. The molecule has 0 fully saturated rings. The van der Waals surface area contributed by atoms with Crippen molar-refractivity contribution in [1.82, 2.24) is 0 Å². The summed E-state index contributed by atoms with van der Waals surface area (Å²) in [5.74, 6) is -10.7. The number of nitrogens with zero attached hydrogens (tertiary/aromatic N) is 1. The molecule has 148 valence electrons. The summed E-state index contributed by atoms with van der Waals surface area (Å²) in [6.45, 7) is 7.31. The number of hydrogen-bond acceptors (Lipinski definition) is 2. The molecule has 0 aliphatic carbocycles. The van der Waals surface area contributed by atoms with Crippen molar-refractivity contribution in [3.8, 4) is 0 Å². The van der Waals surface area contributed by atoms with Crippen molar-refractivity contribution in [2.24, 2.45) is 0 Å². The van der Waals surface area contributed by atoms with Gasteiger partial charge in [0.2, 0.25) is 0 Å². The number of halogens is 5. The van der Waals surface area contributed by atoms with Crippen molar-refractivity contribution >= 4 is 33.4 Å². The Morgan fingerprint density at radius 1 is 0.750 bits per heavy atom. The maximum absolute atomic E-state index is 14.2. The van der Waals surface area contributed by atoms with E-state index < -0.39 is 46.2 Å². The molecular formula is C20H16BrF4NO2. The summed E-state index contributed by atoms with van der Waals surface area (Å²) in [6.07, 6.45) is 0. The second kappa shape index (κ2) is 6.99. The molecule has 1 aliphatic heterocycles. The fraction of sp³-hybridized carbons (Fsp3) is 0.300. The summed E-state index contributed by atoms with van der Waals surface area (Å²) in [5, 5.41) is 0. The Morgan fingerprint density at radius 3 is 1.43 bits per heavy atom. The number of amides is 2. The molecule has 3 rings (SSSR count). The Kier molecular flexibility index (Phi) is 5.12. The van der Waals surface area contributed by atoms with E-state index in [2.05, 4.69) is 15.9 Å². The van der Waals surface area contributed by atoms with Crippen LogP contribution in [0.3, 0.4) is 0 Å². The lowest BCUT2D eigenvalue weighted by molar-refractivity contribution is 0.0923. The number of imide groups is 1. The molecule has 0 atom stereocenters. The zero-order chi connectivity index (χ0) is 21.1. The minimum absolute atomic E-state index is 0.155. The van der Waals surface area contributed by atoms with Crippen LogP contribution in [-0.2, 0) is 0 Å². The molecule has 0 unspecified atom stereocenters. The van der Waals surface area contributed by atoms with Crippen molar-refractivity contribution in [3.63, 3.8) is 0 Å². The van der Waals surface area contributed by atoms with E-state index in [9.17, 15) is 27.2 Å². The quantitative estimate of drug-likeness (QED) is 0.243. The third-order valence-corrected chi connectivity index (χ3v) is 5.16. The Morgan fingerprint density at radius 2 is 1.11 bits per heavy atom. The highest BCUT2D eigenvalue weighted by molar-refractivity contribution is 9.10. The summed E-state index contributed by atoms with van der Waals surface area (Å²) in [7, 11) is 0. The van der Waals surface area contributed by atoms with Crippen LogP contribution in [0.5, 0.6) is 0 Å². The summed E-state index contributed by atoms with van der Waals surface area (Å²) in [4.78, 5) is 26.4. The van der Waals surface area contributed by atoms with Gasteiger partial charge in [0.05, 0.1) is 16.8 Å². The number of carbonyl (C=O) groups is 2. The van der Waals surface area contributed by atoms with Crippen molar-refractivity contribution in [1.29, 1.82) is 0 Å². The standard InChI is InChI=1S/C20H16BrF4NO2/c1-7(2)10-5-9(21)6-11(8(3)4)18(10)26-19(27)12-13(20(26)28)15(23)17(25)16(24)14(12)22/h5-8H,1-4H3. The highest BCUT2D eigenvalue weighted by Crippen LogP contribution is 2.42. The van der Waals surface area contributed by atoms with E-state index in [4.69, 9.17) is 0 Å². The van der Waals surface area contributed by atoms with Crippen molar-refractivity contribution in [2.45, 2.75) is 39.5 Å². The average molecular weight is 458 g/mol. The van der Waals surface area contributed by atoms with Crippen LogP contribution in [0.1, 0.15) is 71.4 Å². The zero-order valence-corrected chi connectivity index (χ0v) is 17.0. The summed E-state index contributed by atoms with van der Waals surface area (Å²) >= 11 is 3.39. The van der Waals surface area contributed by atoms with Crippen LogP contribution in [0.4, 0.5) is 23.2 Å². The minimum atomic E-state index is -2.12. The molecular weight excluding hydrogens is 442 g/mol. The number of hydrogen-bond donors (Lipinski definition) is 0. The van der Waals surface area contributed by atoms with E-state index in [0.717, 1.165) is 0 Å². The zero-order valence-electron chi connectivity index (χ0n) is 15.5. The van der Waals surface area contributed by atoms with Crippen LogP contribution in [-0.4, -0.2) is 11.8 Å². The largest absolute Gasteiger partial charge is 0.269 e. The predicted molar refractivity (Wildman–Crippen MR) is 99.7 cm³/mol. The second-order valence-corrected chi connectivity index (χ2v) is 8.11. The van der Waals surface area contributed by atoms with Gasteiger partial charge in [0.25, 0.3) is 11.8 Å². The lowest BCUT2D eigenvalue weighted by Gasteiger charge is -2.26. The first-order chi connectivity index (χ1) is 13.0. The summed E-state index contributed by atoms with van der Waals surface area (Å²) in [5.41, 5.74) is -0.842. The van der Waals surface area contributed by atoms with Crippen molar-refractivity contribution in [3.05, 3.63) is 62.1 Å². The predicted octanol–water partition coefficient (Wildman–Crippen LogP) is 6.05. The van der Waals surface area contributed by atoms with Crippen molar-refractivity contribution < 1.29 is 27.2 Å². The minimum Gasteiger partial charge on any atom is -0.268 e. The maximum Gasteiger partial charge on any atom is 0.269 e. The molecule has 3 nitrogen and oxygen atoms in total. The van der Waals surface area contributed by atoms with Gasteiger partial charge in [-0.25, -0.2) is 22.5 Å². The normalized spacial score (nSPS) is 13.9. The molecule has 28 heavy (non-hydrogen) atoms. The number of fused-ring (bicyclic) bond motifs is 1. The molecule has 0 radical (unpaired) electrons. The van der Waals surface area contributed by atoms with E-state index in [1.165, 1.54) is 0 Å². The van der Waals surface area contributed by atoms with E-state index in [-0.39, 0.29) is 17.5 Å². The molecule has 0 saturated carbocycles. The first-order valence-electron chi connectivity index (χ1n) is 8.57. The molecule has 1 aliphatic rings. The third-order valence-electron chi connectivity index (χ3n) is 4.70. The van der Waals surface area contributed by atoms with Gasteiger partial charge in [-0.15, -0.1) is 0 Å². The smallest absolute Gasteiger partial charge is 0.268 e. The Hall–Kier alpha value is -2.22. The number of carbonyl (C=O) groups excluding carboxylic acids is 2. The van der Waals surface area contributed by atoms with E-state index in [1.807, 2.05) is 27.7 Å². The first kappa shape index (κ1) is 20.5. The molecule has 1 heterocycles. The Bertz CT molecular complexity index is 958. The first-order valence-corrected chi connectivity index (χ1v) is 9.36. The molecule has 2 aromatic carbocycles. The van der Waals surface area contributed by atoms with Gasteiger partial charge in [0.15, 0.2) is 23.3 Å². The van der Waals surface area contributed by atoms with Crippen LogP contribution in [0, 0.1) is 23.3 Å². The molecule has 0 N–H and O–H groups in total. The van der Waals surface area contributed by atoms with Gasteiger partial charge in [-0.2, -0.15) is 0 Å². The Balaban J connectivity index is 2.36. The number of rotatable bonds is 3. The topological polar surface area (TPSA) is 37.4 Å². The fourth-order valence-electron chi connectivity index (χ4n) is 3.33. The van der Waals surface area contributed by atoms with Gasteiger partial charge in [-0.1, -0.05) is 43.6 Å². The molecule has 0 bridgehead atoms. The van der Waals surface area contributed by atoms with Crippen LogP contribution in [0.2, 0.25) is 0 Å². The molecule has 2 amide bonds. The third kappa shape index (κ3) is 2.85. The van der Waals surface area contributed by atoms with Crippen molar-refractivity contribution in [2.75, 3.05) is 4.90 Å². The highest BCUT2D eigenvalue weighted by Gasteiger charge is 2.46. The van der Waals surface area contributed by atoms with Crippen LogP contribution in [0.15, 0.2) is 16.6 Å². The Labute approximate surface area is 167 Å². The molecule has 0 spiro atoms. The van der Waals surface area contributed by atoms with E-state index in [1.54, 1.807) is 12.1 Å². The monoisotopic (exact) mass is 457 g/mol. The number of anilines is 1. The van der Waals surface area contributed by atoms with Gasteiger partial charge >= 0.3 is 0 Å². The highest BCUT2D eigenvalue weighted by atomic mass is 79.9. The van der Waals surface area contributed by atoms with Crippen LogP contribution in [0.25, 0.3) is 0 Å². The number of benzene rings is 2. The second-order valence-electron chi connectivity index (χ2n) is 7.19. The van der Waals surface area contributed by atoms with Gasteiger partial charge in [-0.05, 0) is 35.1 Å². The van der Waals surface area contributed by atoms with Gasteiger partial charge in [0, 0.05) is 4.47 Å².